The highest BCUT2D eigenvalue weighted by molar-refractivity contribution is 6.19. The van der Waals surface area contributed by atoms with Crippen LogP contribution in [0.4, 0.5) is 0 Å². The van der Waals surface area contributed by atoms with Crippen molar-refractivity contribution >= 4 is 43.6 Å². The van der Waals surface area contributed by atoms with Crippen LogP contribution in [0.1, 0.15) is 69.5 Å². The van der Waals surface area contributed by atoms with E-state index in [2.05, 4.69) is 248 Å². The van der Waals surface area contributed by atoms with Crippen LogP contribution in [0.2, 0.25) is 0 Å². The Morgan fingerprint density at radius 1 is 0.301 bits per heavy atom. The van der Waals surface area contributed by atoms with Gasteiger partial charge in [-0.2, -0.15) is 0 Å². The van der Waals surface area contributed by atoms with Gasteiger partial charge in [0.15, 0.2) is 0 Å². The number of pyridine rings is 2. The average molecular weight is 929 g/mol. The molecule has 4 heteroatoms. The summed E-state index contributed by atoms with van der Waals surface area (Å²) in [4.78, 5) is 10.9. The minimum Gasteiger partial charge on any atom is -0.309 e. The minimum absolute atomic E-state index is 0.356. The first-order chi connectivity index (χ1) is 36.0. The van der Waals surface area contributed by atoms with Gasteiger partial charge in [-0.3, -0.25) is 9.97 Å². The topological polar surface area (TPSA) is 35.6 Å². The summed E-state index contributed by atoms with van der Waals surface area (Å²) < 4.78 is 4.89. The lowest BCUT2D eigenvalue weighted by atomic mass is 9.55. The first-order valence-corrected chi connectivity index (χ1v) is 25.6. The average Bonchev–Trinajstić information content (AvgIpc) is 4.21. The van der Waals surface area contributed by atoms with Gasteiger partial charge in [-0.05, 0) is 127 Å². The lowest BCUT2D eigenvalue weighted by Gasteiger charge is -2.47. The van der Waals surface area contributed by atoms with E-state index in [0.717, 1.165) is 39.4 Å². The molecule has 4 nitrogen and oxygen atoms in total. The predicted molar refractivity (Wildman–Crippen MR) is 296 cm³/mol. The highest BCUT2D eigenvalue weighted by Crippen LogP contribution is 2.67. The summed E-state index contributed by atoms with van der Waals surface area (Å²) >= 11 is 0. The van der Waals surface area contributed by atoms with Gasteiger partial charge in [0, 0.05) is 44.4 Å². The third-order valence-electron chi connectivity index (χ3n) is 17.7. The van der Waals surface area contributed by atoms with Crippen molar-refractivity contribution in [3.63, 3.8) is 0 Å². The number of para-hydroxylation sites is 3. The Hall–Kier alpha value is -9.12. The van der Waals surface area contributed by atoms with Gasteiger partial charge in [0.25, 0.3) is 0 Å². The normalized spacial score (nSPS) is 16.6. The number of hydrogen-bond donors (Lipinski definition) is 0. The number of nitrogens with zero attached hydrogens (tertiary/aromatic N) is 4. The molecule has 2 spiro atoms. The molecule has 0 saturated carbocycles. The first kappa shape index (κ1) is 39.6. The molecule has 9 aromatic carbocycles. The third kappa shape index (κ3) is 4.61. The Morgan fingerprint density at radius 2 is 0.808 bits per heavy atom. The Morgan fingerprint density at radius 3 is 1.47 bits per heavy atom. The molecule has 1 atom stereocenters. The molecule has 4 aromatic heterocycles. The maximum absolute atomic E-state index is 5.59. The molecule has 73 heavy (non-hydrogen) atoms. The van der Waals surface area contributed by atoms with Crippen LogP contribution in [0.15, 0.2) is 231 Å². The van der Waals surface area contributed by atoms with Crippen LogP contribution in [0.25, 0.3) is 88.6 Å². The molecule has 4 heterocycles. The fraction of sp³-hybridized carbons (Fsp3) is 0.0725. The molecule has 4 aliphatic rings. The van der Waals surface area contributed by atoms with Crippen LogP contribution >= 0.6 is 0 Å². The molecule has 4 aliphatic carbocycles. The van der Waals surface area contributed by atoms with Crippen molar-refractivity contribution in [3.05, 3.63) is 286 Å². The van der Waals surface area contributed by atoms with Crippen molar-refractivity contribution in [2.75, 3.05) is 0 Å². The Balaban J connectivity index is 0.986. The molecular weight excluding hydrogens is 885 g/mol. The molecule has 340 valence electrons. The Bertz CT molecular complexity index is 4560. The summed E-state index contributed by atoms with van der Waals surface area (Å²) in [6.07, 6.45) is 4.04. The van der Waals surface area contributed by atoms with Crippen LogP contribution in [-0.2, 0) is 16.2 Å². The molecule has 0 aliphatic heterocycles. The summed E-state index contributed by atoms with van der Waals surface area (Å²) in [6, 6.07) is 82.2. The van der Waals surface area contributed by atoms with Gasteiger partial charge in [-0.1, -0.05) is 178 Å². The van der Waals surface area contributed by atoms with Gasteiger partial charge in [-0.15, -0.1) is 0 Å². The lowest BCUT2D eigenvalue weighted by Crippen LogP contribution is -2.41. The summed E-state index contributed by atoms with van der Waals surface area (Å²) in [5.74, 6) is 0. The van der Waals surface area contributed by atoms with Gasteiger partial charge in [0.05, 0.1) is 56.2 Å². The van der Waals surface area contributed by atoms with E-state index < -0.39 is 10.8 Å². The van der Waals surface area contributed by atoms with E-state index in [1.807, 2.05) is 6.20 Å². The smallest absolute Gasteiger partial charge is 0.0939 e. The number of benzene rings is 9. The molecule has 0 amide bonds. The van der Waals surface area contributed by atoms with Crippen LogP contribution in [0.3, 0.4) is 0 Å². The van der Waals surface area contributed by atoms with Crippen LogP contribution in [0.5, 0.6) is 0 Å². The summed E-state index contributed by atoms with van der Waals surface area (Å²) in [5.41, 5.74) is 25.3. The molecule has 0 fully saturated rings. The molecule has 1 unspecified atom stereocenters. The maximum atomic E-state index is 5.59. The Kier molecular flexibility index (Phi) is 7.39. The molecular formula is C69H44N4. The van der Waals surface area contributed by atoms with Crippen LogP contribution in [-0.4, -0.2) is 19.1 Å². The zero-order chi connectivity index (χ0) is 48.0. The quantitative estimate of drug-likeness (QED) is 0.173. The van der Waals surface area contributed by atoms with Gasteiger partial charge in [0.1, 0.15) is 0 Å². The molecule has 0 radical (unpaired) electrons. The molecule has 0 N–H and O–H groups in total. The number of aromatic nitrogens is 4. The van der Waals surface area contributed by atoms with Crippen LogP contribution < -0.4 is 0 Å². The molecule has 0 bridgehead atoms. The lowest BCUT2D eigenvalue weighted by molar-refractivity contribution is 0.561. The highest BCUT2D eigenvalue weighted by Gasteiger charge is 2.58. The van der Waals surface area contributed by atoms with Crippen molar-refractivity contribution in [1.29, 1.82) is 0 Å². The molecule has 13 aromatic rings. The Labute approximate surface area is 422 Å². The van der Waals surface area contributed by atoms with Gasteiger partial charge in [-0.25, -0.2) is 0 Å². The number of fused-ring (bicyclic) bond motifs is 25. The van der Waals surface area contributed by atoms with E-state index >= 15 is 0 Å². The fourth-order valence-corrected chi connectivity index (χ4v) is 14.8. The van der Waals surface area contributed by atoms with E-state index in [4.69, 9.17) is 9.97 Å². The molecule has 17 rings (SSSR count). The highest BCUT2D eigenvalue weighted by atomic mass is 15.0. The minimum atomic E-state index is -0.736. The number of hydrogen-bond acceptors (Lipinski definition) is 2. The first-order valence-electron chi connectivity index (χ1n) is 25.6. The summed E-state index contributed by atoms with van der Waals surface area (Å²) in [6.45, 7) is 4.88. The van der Waals surface area contributed by atoms with E-state index in [-0.39, 0.29) is 5.41 Å². The zero-order valence-corrected chi connectivity index (χ0v) is 40.2. The summed E-state index contributed by atoms with van der Waals surface area (Å²) in [7, 11) is 0. The van der Waals surface area contributed by atoms with Crippen molar-refractivity contribution in [3.8, 4) is 45.0 Å². The van der Waals surface area contributed by atoms with Crippen molar-refractivity contribution in [1.82, 2.24) is 19.1 Å². The largest absolute Gasteiger partial charge is 0.309 e. The SMILES string of the molecule is CC1(C)c2ccccc2C2(c3cc4c(cc31)C1(c3ccccc3-c3ccccc31)c1ccccc1-4)c1cccnc1-c1ncc(-n3c4ccccc4c4cc5c6ccccc6n(-c6ccccc6)c5cc43)cc12. The van der Waals surface area contributed by atoms with Crippen molar-refractivity contribution in [2.45, 2.75) is 30.1 Å². The summed E-state index contributed by atoms with van der Waals surface area (Å²) in [5, 5.41) is 4.91. The van der Waals surface area contributed by atoms with Crippen molar-refractivity contribution < 1.29 is 0 Å². The zero-order valence-electron chi connectivity index (χ0n) is 40.2. The second-order valence-corrected chi connectivity index (χ2v) is 21.2. The van der Waals surface area contributed by atoms with E-state index in [9.17, 15) is 0 Å². The van der Waals surface area contributed by atoms with E-state index in [0.29, 0.717) is 0 Å². The van der Waals surface area contributed by atoms with E-state index in [1.165, 1.54) is 105 Å². The molecule has 0 saturated heterocycles. The monoisotopic (exact) mass is 928 g/mol. The predicted octanol–water partition coefficient (Wildman–Crippen LogP) is 16.0. The fourth-order valence-electron chi connectivity index (χ4n) is 14.8. The maximum Gasteiger partial charge on any atom is 0.0939 e. The standard InChI is InChI=1S/C69H44N4/c1-67(2)54-29-14-15-30-55(54)69(59-37-48-45-23-8-13-28-53(45)68(57(48)38-58(59)67)51-26-11-6-21-43(51)44-22-7-12-27-52(44)68)56-31-18-34-70-65(56)66-60(69)35-42(40-71-66)73-62-33-17-10-25-47(62)50-36-49-46-24-9-16-32-61(46)72(63(49)39-64(50)73)41-19-4-3-5-20-41/h3-40H,1-2H3. The van der Waals surface area contributed by atoms with Crippen LogP contribution in [0, 0.1) is 0 Å². The van der Waals surface area contributed by atoms with Gasteiger partial charge in [0.2, 0.25) is 0 Å². The van der Waals surface area contributed by atoms with Gasteiger partial charge >= 0.3 is 0 Å². The number of rotatable bonds is 2. The second-order valence-electron chi connectivity index (χ2n) is 21.2. The second kappa shape index (κ2) is 13.6. The van der Waals surface area contributed by atoms with Crippen molar-refractivity contribution in [2.24, 2.45) is 0 Å². The third-order valence-corrected chi connectivity index (χ3v) is 17.7. The van der Waals surface area contributed by atoms with E-state index in [1.54, 1.807) is 0 Å². The van der Waals surface area contributed by atoms with Gasteiger partial charge < -0.3 is 9.13 Å².